The van der Waals surface area contributed by atoms with Gasteiger partial charge in [-0.3, -0.25) is 4.98 Å². The molecule has 0 aliphatic heterocycles. The van der Waals surface area contributed by atoms with E-state index in [4.69, 9.17) is 9.72 Å². The van der Waals surface area contributed by atoms with Gasteiger partial charge in [-0.1, -0.05) is 75.1 Å². The maximum absolute atomic E-state index is 5.12. The van der Waals surface area contributed by atoms with E-state index in [-0.39, 0.29) is 0 Å². The number of benzene rings is 1. The monoisotopic (exact) mass is 405 g/mol. The quantitative estimate of drug-likeness (QED) is 0.282. The molecule has 2 nitrogen and oxygen atoms in total. The molecule has 2 heteroatoms. The van der Waals surface area contributed by atoms with Crippen LogP contribution in [0.3, 0.4) is 0 Å². The van der Waals surface area contributed by atoms with Crippen LogP contribution >= 0.6 is 0 Å². The minimum absolute atomic E-state index is 0.703. The molecular weight excluding hydrogens is 366 g/mol. The number of hydrogen-bond donors (Lipinski definition) is 0. The molecule has 2 aromatic rings. The Morgan fingerprint density at radius 1 is 0.933 bits per heavy atom. The molecule has 1 aromatic heterocycles. The number of allylic oxidation sites excluding steroid dienone is 1. The summed E-state index contributed by atoms with van der Waals surface area (Å²) in [4.78, 5) is 4.73. The van der Waals surface area contributed by atoms with E-state index < -0.39 is 0 Å². The van der Waals surface area contributed by atoms with Crippen molar-refractivity contribution in [2.75, 3.05) is 13.7 Å². The largest absolute Gasteiger partial charge is 0.381 e. The van der Waals surface area contributed by atoms with Gasteiger partial charge in [-0.25, -0.2) is 0 Å². The zero-order chi connectivity index (χ0) is 21.0. The van der Waals surface area contributed by atoms with Gasteiger partial charge >= 0.3 is 0 Å². The molecule has 1 heterocycles. The van der Waals surface area contributed by atoms with E-state index in [1.807, 2.05) is 0 Å². The van der Waals surface area contributed by atoms with Gasteiger partial charge in [0.1, 0.15) is 0 Å². The van der Waals surface area contributed by atoms with Crippen molar-refractivity contribution in [1.29, 1.82) is 0 Å². The first kappa shape index (κ1) is 22.7. The second-order valence-electron chi connectivity index (χ2n) is 8.83. The molecule has 3 rings (SSSR count). The summed E-state index contributed by atoms with van der Waals surface area (Å²) in [5.74, 6) is 1.43. The summed E-state index contributed by atoms with van der Waals surface area (Å²) in [5, 5.41) is 0. The third kappa shape index (κ3) is 7.09. The van der Waals surface area contributed by atoms with Gasteiger partial charge in [0.25, 0.3) is 0 Å². The summed E-state index contributed by atoms with van der Waals surface area (Å²) < 4.78 is 5.12. The molecule has 0 unspecified atom stereocenters. The van der Waals surface area contributed by atoms with Crippen molar-refractivity contribution >= 4 is 0 Å². The Kier molecular flexibility index (Phi) is 9.63. The molecule has 1 fully saturated rings. The number of aryl methyl sites for hydroxylation is 1. The fourth-order valence-electron chi connectivity index (χ4n) is 4.59. The summed E-state index contributed by atoms with van der Waals surface area (Å²) in [6, 6.07) is 13.6. The number of pyridine rings is 1. The summed E-state index contributed by atoms with van der Waals surface area (Å²) in [6.45, 7) is 3.00. The van der Waals surface area contributed by atoms with Gasteiger partial charge in [-0.15, -0.1) is 0 Å². The fourth-order valence-corrected chi connectivity index (χ4v) is 4.59. The van der Waals surface area contributed by atoms with Crippen LogP contribution in [0.25, 0.3) is 11.3 Å². The average Bonchev–Trinajstić information content (AvgIpc) is 2.80. The zero-order valence-electron chi connectivity index (χ0n) is 19.0. The highest BCUT2D eigenvalue weighted by Gasteiger charge is 2.20. The molecule has 0 bridgehead atoms. The van der Waals surface area contributed by atoms with Gasteiger partial charge in [0.15, 0.2) is 0 Å². The summed E-state index contributed by atoms with van der Waals surface area (Å²) in [6.07, 6.45) is 19.5. The second-order valence-corrected chi connectivity index (χ2v) is 8.83. The lowest BCUT2D eigenvalue weighted by molar-refractivity contribution is 0.233. The molecule has 0 saturated heterocycles. The van der Waals surface area contributed by atoms with Crippen LogP contribution in [0.5, 0.6) is 0 Å². The number of methoxy groups -OCH3 is 1. The normalized spacial score (nSPS) is 19.4. The predicted octanol–water partition coefficient (Wildman–Crippen LogP) is 7.74. The molecule has 0 N–H and O–H groups in total. The van der Waals surface area contributed by atoms with Crippen LogP contribution in [0.2, 0.25) is 0 Å². The zero-order valence-corrected chi connectivity index (χ0v) is 19.0. The molecule has 0 amide bonds. The SMILES string of the molecule is CCCCCCCc1ccc(-c2ccc([C@H]3CC[C@H](C=CCOC)CC3)cc2)nc1. The smallest absolute Gasteiger partial charge is 0.0702 e. The Morgan fingerprint density at radius 3 is 2.37 bits per heavy atom. The summed E-state index contributed by atoms with van der Waals surface area (Å²) in [5.41, 5.74) is 5.16. The highest BCUT2D eigenvalue weighted by atomic mass is 16.5. The Hall–Kier alpha value is -1.93. The highest BCUT2D eigenvalue weighted by molar-refractivity contribution is 5.59. The van der Waals surface area contributed by atoms with Gasteiger partial charge in [-0.2, -0.15) is 0 Å². The van der Waals surface area contributed by atoms with E-state index in [9.17, 15) is 0 Å². The molecule has 1 saturated carbocycles. The van der Waals surface area contributed by atoms with Crippen molar-refractivity contribution < 1.29 is 4.74 Å². The van der Waals surface area contributed by atoms with Crippen LogP contribution in [0.1, 0.15) is 81.8 Å². The van der Waals surface area contributed by atoms with Gasteiger partial charge < -0.3 is 4.74 Å². The van der Waals surface area contributed by atoms with Crippen molar-refractivity contribution in [2.45, 2.75) is 77.0 Å². The molecule has 0 atom stereocenters. The molecule has 0 radical (unpaired) electrons. The van der Waals surface area contributed by atoms with Crippen molar-refractivity contribution in [1.82, 2.24) is 4.98 Å². The lowest BCUT2D eigenvalue weighted by atomic mass is 9.78. The first-order chi connectivity index (χ1) is 14.8. The third-order valence-electron chi connectivity index (χ3n) is 6.51. The second kappa shape index (κ2) is 12.7. The maximum Gasteiger partial charge on any atom is 0.0702 e. The average molecular weight is 406 g/mol. The molecule has 30 heavy (non-hydrogen) atoms. The standard InChI is InChI=1S/C28H39NO/c1-3-4-5-6-7-9-24-13-20-28(29-22-24)27-18-16-26(17-19-27)25-14-11-23(12-15-25)10-8-21-30-2/h8,10,13,16-20,22-23,25H,3-7,9,11-12,14-15,21H2,1-2H3/t23-,25-. The topological polar surface area (TPSA) is 22.1 Å². The molecule has 0 spiro atoms. The minimum Gasteiger partial charge on any atom is -0.381 e. The summed E-state index contributed by atoms with van der Waals surface area (Å²) in [7, 11) is 1.75. The number of rotatable bonds is 11. The Morgan fingerprint density at radius 2 is 1.70 bits per heavy atom. The lowest BCUT2D eigenvalue weighted by Crippen LogP contribution is -2.11. The predicted molar refractivity (Wildman–Crippen MR) is 128 cm³/mol. The highest BCUT2D eigenvalue weighted by Crippen LogP contribution is 2.36. The Balaban J connectivity index is 1.48. The molecular formula is C28H39NO. The number of hydrogen-bond acceptors (Lipinski definition) is 2. The van der Waals surface area contributed by atoms with Gasteiger partial charge in [0.2, 0.25) is 0 Å². The van der Waals surface area contributed by atoms with Crippen molar-refractivity contribution in [3.8, 4) is 11.3 Å². The molecule has 1 aliphatic rings. The van der Waals surface area contributed by atoms with Crippen LogP contribution in [0.15, 0.2) is 54.7 Å². The van der Waals surface area contributed by atoms with Crippen molar-refractivity contribution in [3.05, 3.63) is 65.9 Å². The van der Waals surface area contributed by atoms with Crippen LogP contribution in [0, 0.1) is 5.92 Å². The van der Waals surface area contributed by atoms with Gasteiger partial charge in [0.05, 0.1) is 12.3 Å². The van der Waals surface area contributed by atoms with Crippen molar-refractivity contribution in [2.24, 2.45) is 5.92 Å². The molecule has 162 valence electrons. The van der Waals surface area contributed by atoms with E-state index in [2.05, 4.69) is 61.7 Å². The number of nitrogens with zero attached hydrogens (tertiary/aromatic N) is 1. The number of ether oxygens (including phenoxy) is 1. The van der Waals surface area contributed by atoms with E-state index in [0.717, 1.165) is 24.6 Å². The Bertz CT molecular complexity index is 739. The van der Waals surface area contributed by atoms with Crippen LogP contribution in [0.4, 0.5) is 0 Å². The van der Waals surface area contributed by atoms with E-state index in [0.29, 0.717) is 5.92 Å². The van der Waals surface area contributed by atoms with E-state index >= 15 is 0 Å². The van der Waals surface area contributed by atoms with Gasteiger partial charge in [-0.05, 0) is 67.6 Å². The first-order valence-corrected chi connectivity index (χ1v) is 12.0. The fraction of sp³-hybridized carbons (Fsp3) is 0.536. The van der Waals surface area contributed by atoms with E-state index in [1.54, 1.807) is 7.11 Å². The van der Waals surface area contributed by atoms with Crippen molar-refractivity contribution in [3.63, 3.8) is 0 Å². The molecule has 1 aromatic carbocycles. The maximum atomic E-state index is 5.12. The third-order valence-corrected chi connectivity index (χ3v) is 6.51. The Labute approximate surface area is 183 Å². The number of unbranched alkanes of at least 4 members (excludes halogenated alkanes) is 4. The van der Waals surface area contributed by atoms with Gasteiger partial charge in [0, 0.05) is 18.9 Å². The molecule has 1 aliphatic carbocycles. The van der Waals surface area contributed by atoms with Crippen LogP contribution in [-0.4, -0.2) is 18.7 Å². The van der Waals surface area contributed by atoms with Crippen LogP contribution < -0.4 is 0 Å². The number of aromatic nitrogens is 1. The lowest BCUT2D eigenvalue weighted by Gasteiger charge is -2.27. The summed E-state index contributed by atoms with van der Waals surface area (Å²) >= 11 is 0. The minimum atomic E-state index is 0.703. The van der Waals surface area contributed by atoms with Crippen LogP contribution in [-0.2, 0) is 11.2 Å². The van der Waals surface area contributed by atoms with E-state index in [1.165, 1.54) is 74.5 Å². The first-order valence-electron chi connectivity index (χ1n) is 12.0.